The largest absolute Gasteiger partial charge is 0.352 e. The lowest BCUT2D eigenvalue weighted by Gasteiger charge is -2.48. The molecule has 0 spiro atoms. The summed E-state index contributed by atoms with van der Waals surface area (Å²) in [6.45, 7) is 3.14. The zero-order valence-corrected chi connectivity index (χ0v) is 9.12. The van der Waals surface area contributed by atoms with Gasteiger partial charge in [-0.3, -0.25) is 4.79 Å². The fourth-order valence-corrected chi connectivity index (χ4v) is 2.94. The number of likely N-dealkylation sites (N-methyl/N-ethyl adjacent to an activating group) is 1. The maximum atomic E-state index is 11.3. The minimum absolute atomic E-state index is 0.205. The fraction of sp³-hybridized carbons (Fsp3) is 0.909. The van der Waals surface area contributed by atoms with E-state index in [1.165, 1.54) is 25.8 Å². The lowest BCUT2D eigenvalue weighted by molar-refractivity contribution is -0.123. The molecule has 2 bridgehead atoms. The quantitative estimate of drug-likeness (QED) is 0.714. The zero-order chi connectivity index (χ0) is 10.1. The number of fused-ring (bicyclic) bond motifs is 3. The van der Waals surface area contributed by atoms with Crippen molar-refractivity contribution >= 4 is 5.91 Å². The molecule has 0 aromatic rings. The van der Waals surface area contributed by atoms with Crippen LogP contribution in [0.15, 0.2) is 0 Å². The highest BCUT2D eigenvalue weighted by molar-refractivity contribution is 5.75. The highest BCUT2D eigenvalue weighted by Gasteiger charge is 2.39. The summed E-state index contributed by atoms with van der Waals surface area (Å²) in [4.78, 5) is 13.7. The average molecular weight is 196 g/mol. The van der Waals surface area contributed by atoms with Crippen LogP contribution in [-0.2, 0) is 4.79 Å². The van der Waals surface area contributed by atoms with Gasteiger partial charge in [0.05, 0.1) is 0 Å². The Kier molecular flexibility index (Phi) is 2.77. The van der Waals surface area contributed by atoms with Crippen molar-refractivity contribution < 1.29 is 4.79 Å². The zero-order valence-electron chi connectivity index (χ0n) is 9.12. The second-order valence-electron chi connectivity index (χ2n) is 4.71. The van der Waals surface area contributed by atoms with Gasteiger partial charge in [-0.15, -0.1) is 0 Å². The van der Waals surface area contributed by atoms with Crippen molar-refractivity contribution in [2.75, 3.05) is 13.6 Å². The number of piperidine rings is 2. The second-order valence-corrected chi connectivity index (χ2v) is 4.71. The van der Waals surface area contributed by atoms with Gasteiger partial charge in [-0.2, -0.15) is 0 Å². The summed E-state index contributed by atoms with van der Waals surface area (Å²) >= 11 is 0. The standard InChI is InChI=1S/C11H20N2O/c1-3-11(14)12-9-6-8-4-5-10(9)13(2)7-8/h8-10H,3-7H2,1-2H3,(H,12,14). The number of rotatable bonds is 2. The Morgan fingerprint density at radius 3 is 2.86 bits per heavy atom. The molecule has 14 heavy (non-hydrogen) atoms. The van der Waals surface area contributed by atoms with Crippen LogP contribution in [0.3, 0.4) is 0 Å². The fourth-order valence-electron chi connectivity index (χ4n) is 2.94. The lowest BCUT2D eigenvalue weighted by atomic mass is 9.77. The Hall–Kier alpha value is -0.570. The van der Waals surface area contributed by atoms with E-state index in [0.29, 0.717) is 18.5 Å². The van der Waals surface area contributed by atoms with E-state index in [9.17, 15) is 4.79 Å². The van der Waals surface area contributed by atoms with Crippen molar-refractivity contribution in [3.8, 4) is 0 Å². The number of nitrogens with one attached hydrogen (secondary N) is 1. The van der Waals surface area contributed by atoms with Crippen LogP contribution in [0.5, 0.6) is 0 Å². The summed E-state index contributed by atoms with van der Waals surface area (Å²) in [6, 6.07) is 1.01. The van der Waals surface area contributed by atoms with Gasteiger partial charge < -0.3 is 10.2 Å². The van der Waals surface area contributed by atoms with Gasteiger partial charge in [0.1, 0.15) is 0 Å². The molecule has 2 aliphatic heterocycles. The molecular formula is C11H20N2O. The van der Waals surface area contributed by atoms with Crippen molar-refractivity contribution in [1.29, 1.82) is 0 Å². The topological polar surface area (TPSA) is 32.3 Å². The molecule has 3 fully saturated rings. The predicted octanol–water partition coefficient (Wildman–Crippen LogP) is 0.995. The first-order chi connectivity index (χ1) is 6.70. The van der Waals surface area contributed by atoms with Gasteiger partial charge in [0, 0.05) is 25.0 Å². The van der Waals surface area contributed by atoms with Crippen LogP contribution in [0.1, 0.15) is 32.6 Å². The van der Waals surface area contributed by atoms with E-state index in [1.54, 1.807) is 0 Å². The third-order valence-corrected chi connectivity index (χ3v) is 3.70. The van der Waals surface area contributed by atoms with Gasteiger partial charge in [0.15, 0.2) is 0 Å². The minimum Gasteiger partial charge on any atom is -0.352 e. The highest BCUT2D eigenvalue weighted by atomic mass is 16.1. The number of amides is 1. The third-order valence-electron chi connectivity index (χ3n) is 3.70. The van der Waals surface area contributed by atoms with E-state index in [4.69, 9.17) is 0 Å². The van der Waals surface area contributed by atoms with Crippen molar-refractivity contribution in [2.24, 2.45) is 5.92 Å². The Bertz CT molecular complexity index is 229. The van der Waals surface area contributed by atoms with Crippen LogP contribution in [0.4, 0.5) is 0 Å². The minimum atomic E-state index is 0.205. The molecule has 0 aromatic carbocycles. The monoisotopic (exact) mass is 196 g/mol. The molecule has 1 N–H and O–H groups in total. The summed E-state index contributed by atoms with van der Waals surface area (Å²) < 4.78 is 0. The first kappa shape index (κ1) is 9.97. The van der Waals surface area contributed by atoms with Crippen LogP contribution < -0.4 is 5.32 Å². The van der Waals surface area contributed by atoms with Crippen LogP contribution in [0.25, 0.3) is 0 Å². The van der Waals surface area contributed by atoms with Crippen LogP contribution in [0.2, 0.25) is 0 Å². The van der Waals surface area contributed by atoms with E-state index in [0.717, 1.165) is 5.92 Å². The van der Waals surface area contributed by atoms with E-state index in [1.807, 2.05) is 6.92 Å². The molecular weight excluding hydrogens is 176 g/mol. The Morgan fingerprint density at radius 1 is 1.50 bits per heavy atom. The summed E-state index contributed by atoms with van der Waals surface area (Å²) in [7, 11) is 2.18. The Labute approximate surface area is 85.8 Å². The normalized spacial score (nSPS) is 37.1. The molecule has 3 nitrogen and oxygen atoms in total. The molecule has 0 aromatic heterocycles. The molecule has 2 saturated heterocycles. The van der Waals surface area contributed by atoms with Gasteiger partial charge in [0.2, 0.25) is 5.91 Å². The van der Waals surface area contributed by atoms with Gasteiger partial charge in [0.25, 0.3) is 0 Å². The van der Waals surface area contributed by atoms with Crippen LogP contribution in [0, 0.1) is 5.92 Å². The number of carbonyl (C=O) groups is 1. The summed E-state index contributed by atoms with van der Waals surface area (Å²) in [5.41, 5.74) is 0. The smallest absolute Gasteiger partial charge is 0.219 e. The Morgan fingerprint density at radius 2 is 2.29 bits per heavy atom. The van der Waals surface area contributed by atoms with Gasteiger partial charge in [-0.25, -0.2) is 0 Å². The molecule has 3 rings (SSSR count). The van der Waals surface area contributed by atoms with Crippen molar-refractivity contribution in [3.05, 3.63) is 0 Å². The van der Waals surface area contributed by atoms with E-state index in [-0.39, 0.29) is 5.91 Å². The predicted molar refractivity (Wildman–Crippen MR) is 56.0 cm³/mol. The number of hydrogen-bond donors (Lipinski definition) is 1. The first-order valence-electron chi connectivity index (χ1n) is 5.70. The SMILES string of the molecule is CCC(=O)NC1CC2CCC1N(C)C2. The molecule has 3 aliphatic rings. The summed E-state index contributed by atoms with van der Waals surface area (Å²) in [5, 5.41) is 3.15. The highest BCUT2D eigenvalue weighted by Crippen LogP contribution is 2.34. The first-order valence-corrected chi connectivity index (χ1v) is 5.70. The Balaban J connectivity index is 1.96. The molecule has 3 atom stereocenters. The molecule has 0 radical (unpaired) electrons. The van der Waals surface area contributed by atoms with Crippen molar-refractivity contribution in [3.63, 3.8) is 0 Å². The maximum absolute atomic E-state index is 11.3. The molecule has 3 heteroatoms. The van der Waals surface area contributed by atoms with Crippen LogP contribution >= 0.6 is 0 Å². The van der Waals surface area contributed by atoms with E-state index < -0.39 is 0 Å². The second kappa shape index (κ2) is 3.89. The van der Waals surface area contributed by atoms with Crippen LogP contribution in [-0.4, -0.2) is 36.5 Å². The number of carbonyl (C=O) groups excluding carboxylic acids is 1. The number of nitrogens with zero attached hydrogens (tertiary/aromatic N) is 1. The molecule has 2 heterocycles. The molecule has 1 aliphatic carbocycles. The van der Waals surface area contributed by atoms with Gasteiger partial charge >= 0.3 is 0 Å². The third kappa shape index (κ3) is 1.78. The summed E-state index contributed by atoms with van der Waals surface area (Å²) in [6.07, 6.45) is 4.42. The molecule has 1 amide bonds. The number of hydrogen-bond acceptors (Lipinski definition) is 2. The van der Waals surface area contributed by atoms with E-state index >= 15 is 0 Å². The average Bonchev–Trinajstić information content (AvgIpc) is 2.18. The molecule has 80 valence electrons. The lowest BCUT2D eigenvalue weighted by Crippen LogP contribution is -2.59. The van der Waals surface area contributed by atoms with Gasteiger partial charge in [-0.05, 0) is 32.2 Å². The molecule has 3 unspecified atom stereocenters. The summed E-state index contributed by atoms with van der Waals surface area (Å²) in [5.74, 6) is 1.02. The van der Waals surface area contributed by atoms with Gasteiger partial charge in [-0.1, -0.05) is 6.92 Å². The van der Waals surface area contributed by atoms with Crippen molar-refractivity contribution in [2.45, 2.75) is 44.7 Å². The van der Waals surface area contributed by atoms with Crippen molar-refractivity contribution in [1.82, 2.24) is 10.2 Å². The van der Waals surface area contributed by atoms with E-state index in [2.05, 4.69) is 17.3 Å². The molecule has 1 saturated carbocycles. The maximum Gasteiger partial charge on any atom is 0.219 e.